The second-order valence-corrected chi connectivity index (χ2v) is 5.50. The Morgan fingerprint density at radius 3 is 3.06 bits per heavy atom. The molecular formula is C13H16ClN3O. The van der Waals surface area contributed by atoms with E-state index in [1.165, 1.54) is 0 Å². The Morgan fingerprint density at radius 2 is 2.33 bits per heavy atom. The molecule has 1 aromatic carbocycles. The molecule has 1 aromatic heterocycles. The van der Waals surface area contributed by atoms with Crippen molar-refractivity contribution in [2.24, 2.45) is 5.92 Å². The van der Waals surface area contributed by atoms with Gasteiger partial charge in [-0.2, -0.15) is 0 Å². The topological polar surface area (TPSA) is 41.0 Å². The molecule has 1 aliphatic rings. The van der Waals surface area contributed by atoms with Crippen LogP contribution in [0.25, 0.3) is 11.0 Å². The first-order valence-corrected chi connectivity index (χ1v) is 6.58. The van der Waals surface area contributed by atoms with Crippen LogP contribution >= 0.6 is 11.6 Å². The summed E-state index contributed by atoms with van der Waals surface area (Å²) in [6.07, 6.45) is 1.14. The van der Waals surface area contributed by atoms with Crippen LogP contribution in [0.4, 0.5) is 0 Å². The number of nitrogens with zero attached hydrogens (tertiary/aromatic N) is 2. The fourth-order valence-corrected chi connectivity index (χ4v) is 3.06. The monoisotopic (exact) mass is 265 g/mol. The zero-order valence-electron chi connectivity index (χ0n) is 10.3. The Kier molecular flexibility index (Phi) is 2.92. The summed E-state index contributed by atoms with van der Waals surface area (Å²) in [4.78, 5) is 17.2. The molecule has 18 heavy (non-hydrogen) atoms. The minimum absolute atomic E-state index is 0.0624. The first-order valence-electron chi connectivity index (χ1n) is 6.20. The first kappa shape index (κ1) is 11.8. The van der Waals surface area contributed by atoms with Gasteiger partial charge in [0.25, 0.3) is 0 Å². The van der Waals surface area contributed by atoms with Gasteiger partial charge in [-0.15, -0.1) is 0 Å². The van der Waals surface area contributed by atoms with Crippen LogP contribution in [0.5, 0.6) is 0 Å². The Morgan fingerprint density at radius 1 is 1.50 bits per heavy atom. The Bertz CT molecular complexity index is 631. The van der Waals surface area contributed by atoms with Crippen molar-refractivity contribution in [1.82, 2.24) is 14.5 Å². The number of aromatic nitrogens is 2. The van der Waals surface area contributed by atoms with Gasteiger partial charge in [0.15, 0.2) is 0 Å². The number of nitrogens with one attached hydrogen (secondary N) is 1. The molecule has 1 fully saturated rings. The fraction of sp³-hybridized carbons (Fsp3) is 0.462. The number of imidazole rings is 1. The number of fused-ring (bicyclic) bond motifs is 1. The van der Waals surface area contributed by atoms with Gasteiger partial charge in [-0.1, -0.05) is 17.7 Å². The van der Waals surface area contributed by atoms with Crippen molar-refractivity contribution in [2.75, 3.05) is 20.1 Å². The summed E-state index contributed by atoms with van der Waals surface area (Å²) in [5, 5.41) is 0.636. The van der Waals surface area contributed by atoms with Gasteiger partial charge < -0.3 is 9.88 Å². The highest BCUT2D eigenvalue weighted by atomic mass is 35.5. The molecule has 1 unspecified atom stereocenters. The maximum Gasteiger partial charge on any atom is 0.326 e. The fourth-order valence-electron chi connectivity index (χ4n) is 2.78. The molecule has 1 saturated heterocycles. The number of rotatable bonds is 2. The number of halogens is 1. The summed E-state index contributed by atoms with van der Waals surface area (Å²) >= 11 is 6.20. The molecule has 0 saturated carbocycles. The van der Waals surface area contributed by atoms with Crippen molar-refractivity contribution >= 4 is 22.6 Å². The van der Waals surface area contributed by atoms with E-state index in [0.29, 0.717) is 10.9 Å². The zero-order valence-corrected chi connectivity index (χ0v) is 11.1. The van der Waals surface area contributed by atoms with Crippen LogP contribution < -0.4 is 5.69 Å². The lowest BCUT2D eigenvalue weighted by Crippen LogP contribution is -2.23. The van der Waals surface area contributed by atoms with E-state index in [-0.39, 0.29) is 5.69 Å². The quantitative estimate of drug-likeness (QED) is 0.902. The van der Waals surface area contributed by atoms with Gasteiger partial charge in [-0.3, -0.25) is 4.57 Å². The van der Waals surface area contributed by atoms with Crippen molar-refractivity contribution < 1.29 is 0 Å². The molecule has 1 N–H and O–H groups in total. The second-order valence-electron chi connectivity index (χ2n) is 5.09. The highest BCUT2D eigenvalue weighted by Crippen LogP contribution is 2.23. The first-order chi connectivity index (χ1) is 8.65. The predicted molar refractivity (Wildman–Crippen MR) is 73.2 cm³/mol. The van der Waals surface area contributed by atoms with E-state index in [9.17, 15) is 4.79 Å². The van der Waals surface area contributed by atoms with Crippen molar-refractivity contribution in [3.8, 4) is 0 Å². The van der Waals surface area contributed by atoms with Gasteiger partial charge >= 0.3 is 5.69 Å². The van der Waals surface area contributed by atoms with Gasteiger partial charge in [0.1, 0.15) is 0 Å². The average molecular weight is 266 g/mol. The average Bonchev–Trinajstić information content (AvgIpc) is 2.85. The number of benzene rings is 1. The number of hydrogen-bond donors (Lipinski definition) is 1. The molecule has 4 nitrogen and oxygen atoms in total. The molecule has 2 heterocycles. The Hall–Kier alpha value is -1.26. The molecule has 0 amide bonds. The van der Waals surface area contributed by atoms with Crippen LogP contribution in [0.15, 0.2) is 23.0 Å². The number of H-pyrrole nitrogens is 1. The van der Waals surface area contributed by atoms with E-state index in [1.54, 1.807) is 4.57 Å². The van der Waals surface area contributed by atoms with Crippen molar-refractivity contribution in [1.29, 1.82) is 0 Å². The standard InChI is InChI=1S/C13H16ClN3O/c1-16-6-5-9(7-16)8-17-12-10(14)3-2-4-11(12)15-13(17)18/h2-4,9H,5-8H2,1H3,(H,15,18). The van der Waals surface area contributed by atoms with Gasteiger partial charge in [0, 0.05) is 13.1 Å². The summed E-state index contributed by atoms with van der Waals surface area (Å²) < 4.78 is 1.78. The molecule has 0 bridgehead atoms. The highest BCUT2D eigenvalue weighted by Gasteiger charge is 2.21. The SMILES string of the molecule is CN1CCC(Cn2c(=O)[nH]c3cccc(Cl)c32)C1. The minimum atomic E-state index is -0.0624. The van der Waals surface area contributed by atoms with Crippen LogP contribution in [-0.2, 0) is 6.54 Å². The lowest BCUT2D eigenvalue weighted by molar-refractivity contribution is 0.378. The summed E-state index contributed by atoms with van der Waals surface area (Å²) in [6, 6.07) is 5.57. The van der Waals surface area contributed by atoms with E-state index in [1.807, 2.05) is 18.2 Å². The van der Waals surface area contributed by atoms with Crippen LogP contribution in [0, 0.1) is 5.92 Å². The van der Waals surface area contributed by atoms with Crippen molar-refractivity contribution in [2.45, 2.75) is 13.0 Å². The second kappa shape index (κ2) is 4.44. The molecule has 1 aliphatic heterocycles. The third-order valence-corrected chi connectivity index (χ3v) is 3.98. The largest absolute Gasteiger partial charge is 0.326 e. The van der Waals surface area contributed by atoms with Gasteiger partial charge in [-0.25, -0.2) is 4.79 Å². The van der Waals surface area contributed by atoms with Crippen LogP contribution in [0.1, 0.15) is 6.42 Å². The maximum atomic E-state index is 12.0. The van der Waals surface area contributed by atoms with Gasteiger partial charge in [0.05, 0.1) is 16.1 Å². The summed E-state index contributed by atoms with van der Waals surface area (Å²) in [6.45, 7) is 2.89. The summed E-state index contributed by atoms with van der Waals surface area (Å²) in [5.74, 6) is 0.531. The number of aromatic amines is 1. The Balaban J connectivity index is 2.01. The van der Waals surface area contributed by atoms with E-state index >= 15 is 0 Å². The van der Waals surface area contributed by atoms with E-state index in [2.05, 4.69) is 16.9 Å². The molecule has 2 aromatic rings. The molecular weight excluding hydrogens is 250 g/mol. The van der Waals surface area contributed by atoms with Crippen molar-refractivity contribution in [3.05, 3.63) is 33.7 Å². The van der Waals surface area contributed by atoms with E-state index < -0.39 is 0 Å². The number of hydrogen-bond acceptors (Lipinski definition) is 2. The highest BCUT2D eigenvalue weighted by molar-refractivity contribution is 6.34. The third kappa shape index (κ3) is 1.95. The maximum absolute atomic E-state index is 12.0. The van der Waals surface area contributed by atoms with Gasteiger partial charge in [-0.05, 0) is 38.1 Å². The molecule has 0 radical (unpaired) electrons. The molecule has 0 aliphatic carbocycles. The van der Waals surface area contributed by atoms with Gasteiger partial charge in [0.2, 0.25) is 0 Å². The lowest BCUT2D eigenvalue weighted by Gasteiger charge is -2.11. The van der Waals surface area contributed by atoms with Crippen LogP contribution in [0.2, 0.25) is 5.02 Å². The molecule has 0 spiro atoms. The van der Waals surface area contributed by atoms with E-state index in [4.69, 9.17) is 11.6 Å². The molecule has 96 valence electrons. The van der Waals surface area contributed by atoms with Crippen LogP contribution in [0.3, 0.4) is 0 Å². The molecule has 5 heteroatoms. The number of para-hydroxylation sites is 1. The summed E-state index contributed by atoms with van der Waals surface area (Å²) in [5.41, 5.74) is 1.59. The predicted octanol–water partition coefficient (Wildman–Crippen LogP) is 1.93. The minimum Gasteiger partial charge on any atom is -0.306 e. The molecule has 3 rings (SSSR count). The zero-order chi connectivity index (χ0) is 12.7. The summed E-state index contributed by atoms with van der Waals surface area (Å²) in [7, 11) is 2.12. The number of likely N-dealkylation sites (tertiary alicyclic amines) is 1. The third-order valence-electron chi connectivity index (χ3n) is 3.67. The normalized spacial score (nSPS) is 20.9. The Labute approximate surface area is 110 Å². The van der Waals surface area contributed by atoms with E-state index in [0.717, 1.165) is 37.1 Å². The van der Waals surface area contributed by atoms with Crippen molar-refractivity contribution in [3.63, 3.8) is 0 Å². The smallest absolute Gasteiger partial charge is 0.306 e. The lowest BCUT2D eigenvalue weighted by atomic mass is 10.1. The van der Waals surface area contributed by atoms with Crippen LogP contribution in [-0.4, -0.2) is 34.6 Å². The molecule has 1 atom stereocenters.